The van der Waals surface area contributed by atoms with Crippen molar-refractivity contribution in [3.05, 3.63) is 24.2 Å². The van der Waals surface area contributed by atoms with Crippen molar-refractivity contribution >= 4 is 5.91 Å². The van der Waals surface area contributed by atoms with E-state index in [2.05, 4.69) is 5.32 Å². The number of hydrogen-bond acceptors (Lipinski definition) is 3. The predicted octanol–water partition coefficient (Wildman–Crippen LogP) is 1.83. The summed E-state index contributed by atoms with van der Waals surface area (Å²) in [5.41, 5.74) is 5.57. The molecule has 16 heavy (non-hydrogen) atoms. The molecule has 1 heterocycles. The normalized spacial score (nSPS) is 14.4. The third kappa shape index (κ3) is 3.38. The quantitative estimate of drug-likeness (QED) is 0.774. The Bertz CT molecular complexity index is 309. The van der Waals surface area contributed by atoms with Crippen LogP contribution in [-0.4, -0.2) is 12.5 Å². The van der Waals surface area contributed by atoms with Gasteiger partial charge in [0.15, 0.2) is 0 Å². The topological polar surface area (TPSA) is 68.3 Å². The molecule has 90 valence electrons. The van der Waals surface area contributed by atoms with Gasteiger partial charge in [-0.1, -0.05) is 13.3 Å². The zero-order valence-corrected chi connectivity index (χ0v) is 9.90. The van der Waals surface area contributed by atoms with Crippen LogP contribution >= 0.6 is 0 Å². The third-order valence-corrected chi connectivity index (χ3v) is 2.62. The zero-order chi connectivity index (χ0) is 12.0. The van der Waals surface area contributed by atoms with E-state index in [1.165, 1.54) is 0 Å². The number of rotatable bonds is 6. The minimum absolute atomic E-state index is 0.00764. The maximum absolute atomic E-state index is 11.8. The molecule has 2 atom stereocenters. The predicted molar refractivity (Wildman–Crippen MR) is 62.7 cm³/mol. The van der Waals surface area contributed by atoms with Crippen molar-refractivity contribution in [1.29, 1.82) is 0 Å². The molecule has 0 bridgehead atoms. The molecule has 1 rings (SSSR count). The van der Waals surface area contributed by atoms with Crippen LogP contribution in [0.2, 0.25) is 0 Å². The SMILES string of the molecule is CCCC(CN)C(=O)NC(C)c1ccco1. The molecule has 1 aromatic rings. The van der Waals surface area contributed by atoms with E-state index < -0.39 is 0 Å². The van der Waals surface area contributed by atoms with Gasteiger partial charge in [0.05, 0.1) is 18.2 Å². The molecule has 0 aromatic carbocycles. The summed E-state index contributed by atoms with van der Waals surface area (Å²) in [6.45, 7) is 4.34. The first-order valence-corrected chi connectivity index (χ1v) is 5.72. The Balaban J connectivity index is 2.50. The summed E-state index contributed by atoms with van der Waals surface area (Å²) in [6, 6.07) is 3.56. The minimum atomic E-state index is -0.103. The van der Waals surface area contributed by atoms with Crippen molar-refractivity contribution in [2.45, 2.75) is 32.7 Å². The Morgan fingerprint density at radius 1 is 1.62 bits per heavy atom. The highest BCUT2D eigenvalue weighted by Crippen LogP contribution is 2.14. The Kier molecular flexibility index (Phi) is 5.05. The van der Waals surface area contributed by atoms with Gasteiger partial charge in [0.1, 0.15) is 5.76 Å². The van der Waals surface area contributed by atoms with Crippen LogP contribution in [0.1, 0.15) is 38.5 Å². The summed E-state index contributed by atoms with van der Waals surface area (Å²) in [4.78, 5) is 11.8. The second kappa shape index (κ2) is 6.33. The smallest absolute Gasteiger partial charge is 0.224 e. The Labute approximate surface area is 96.2 Å². The lowest BCUT2D eigenvalue weighted by Crippen LogP contribution is -2.36. The molecule has 0 aliphatic rings. The van der Waals surface area contributed by atoms with Crippen LogP contribution in [-0.2, 0) is 4.79 Å². The van der Waals surface area contributed by atoms with Gasteiger partial charge in [0, 0.05) is 6.54 Å². The molecule has 3 N–H and O–H groups in total. The van der Waals surface area contributed by atoms with E-state index >= 15 is 0 Å². The molecule has 0 fully saturated rings. The highest BCUT2D eigenvalue weighted by molar-refractivity contribution is 5.79. The fourth-order valence-electron chi connectivity index (χ4n) is 1.64. The maximum Gasteiger partial charge on any atom is 0.224 e. The standard InChI is InChI=1S/C12H20N2O2/c1-3-5-10(8-13)12(15)14-9(2)11-6-4-7-16-11/h4,6-7,9-10H,3,5,8,13H2,1-2H3,(H,14,15). The summed E-state index contributed by atoms with van der Waals surface area (Å²) >= 11 is 0. The van der Waals surface area contributed by atoms with Crippen molar-refractivity contribution in [3.8, 4) is 0 Å². The number of amides is 1. The average molecular weight is 224 g/mol. The number of hydrogen-bond donors (Lipinski definition) is 2. The highest BCUT2D eigenvalue weighted by Gasteiger charge is 2.19. The van der Waals surface area contributed by atoms with Crippen LogP contribution in [0.4, 0.5) is 0 Å². The summed E-state index contributed by atoms with van der Waals surface area (Å²) < 4.78 is 5.22. The Morgan fingerprint density at radius 3 is 2.88 bits per heavy atom. The van der Waals surface area contributed by atoms with Gasteiger partial charge in [-0.25, -0.2) is 0 Å². The molecule has 1 aromatic heterocycles. The molecular formula is C12H20N2O2. The van der Waals surface area contributed by atoms with Crippen molar-refractivity contribution < 1.29 is 9.21 Å². The largest absolute Gasteiger partial charge is 0.467 e. The Morgan fingerprint density at radius 2 is 2.38 bits per heavy atom. The fourth-order valence-corrected chi connectivity index (χ4v) is 1.64. The van der Waals surface area contributed by atoms with E-state index in [1.54, 1.807) is 6.26 Å². The number of furan rings is 1. The molecule has 2 unspecified atom stereocenters. The molecule has 0 aliphatic heterocycles. The van der Waals surface area contributed by atoms with Gasteiger partial charge in [-0.3, -0.25) is 4.79 Å². The lowest BCUT2D eigenvalue weighted by atomic mass is 10.0. The van der Waals surface area contributed by atoms with Crippen molar-refractivity contribution in [2.75, 3.05) is 6.54 Å². The molecule has 0 saturated heterocycles. The fraction of sp³-hybridized carbons (Fsp3) is 0.583. The molecule has 0 spiro atoms. The van der Waals surface area contributed by atoms with E-state index in [0.29, 0.717) is 6.54 Å². The van der Waals surface area contributed by atoms with Crippen LogP contribution < -0.4 is 11.1 Å². The highest BCUT2D eigenvalue weighted by atomic mass is 16.3. The summed E-state index contributed by atoms with van der Waals surface area (Å²) in [5.74, 6) is 0.677. The molecule has 0 radical (unpaired) electrons. The van der Waals surface area contributed by atoms with Crippen molar-refractivity contribution in [2.24, 2.45) is 11.7 Å². The summed E-state index contributed by atoms with van der Waals surface area (Å²) in [6.07, 6.45) is 3.39. The van der Waals surface area contributed by atoms with Crippen molar-refractivity contribution in [1.82, 2.24) is 5.32 Å². The van der Waals surface area contributed by atoms with Crippen LogP contribution in [0, 0.1) is 5.92 Å². The van der Waals surface area contributed by atoms with E-state index in [1.807, 2.05) is 26.0 Å². The van der Waals surface area contributed by atoms with Crippen molar-refractivity contribution in [3.63, 3.8) is 0 Å². The van der Waals surface area contributed by atoms with E-state index in [0.717, 1.165) is 18.6 Å². The van der Waals surface area contributed by atoms with Gasteiger partial charge >= 0.3 is 0 Å². The van der Waals surface area contributed by atoms with E-state index in [9.17, 15) is 4.79 Å². The molecule has 0 saturated carbocycles. The van der Waals surface area contributed by atoms with Gasteiger partial charge in [0.25, 0.3) is 0 Å². The summed E-state index contributed by atoms with van der Waals surface area (Å²) in [5, 5.41) is 2.91. The number of nitrogens with two attached hydrogens (primary N) is 1. The average Bonchev–Trinajstić information content (AvgIpc) is 2.78. The first-order chi connectivity index (χ1) is 7.69. The van der Waals surface area contributed by atoms with Crippen LogP contribution in [0.15, 0.2) is 22.8 Å². The number of carbonyl (C=O) groups excluding carboxylic acids is 1. The van der Waals surface area contributed by atoms with Crippen LogP contribution in [0.5, 0.6) is 0 Å². The lowest BCUT2D eigenvalue weighted by Gasteiger charge is -2.17. The minimum Gasteiger partial charge on any atom is -0.467 e. The van der Waals surface area contributed by atoms with E-state index in [4.69, 9.17) is 10.2 Å². The molecule has 1 amide bonds. The number of nitrogens with one attached hydrogen (secondary N) is 1. The van der Waals surface area contributed by atoms with Gasteiger partial charge < -0.3 is 15.5 Å². The van der Waals surface area contributed by atoms with Gasteiger partial charge in [-0.2, -0.15) is 0 Å². The van der Waals surface area contributed by atoms with Gasteiger partial charge in [0.2, 0.25) is 5.91 Å². The van der Waals surface area contributed by atoms with Gasteiger partial charge in [-0.15, -0.1) is 0 Å². The molecule has 4 heteroatoms. The third-order valence-electron chi connectivity index (χ3n) is 2.62. The van der Waals surface area contributed by atoms with Crippen LogP contribution in [0.25, 0.3) is 0 Å². The molecular weight excluding hydrogens is 204 g/mol. The monoisotopic (exact) mass is 224 g/mol. The maximum atomic E-state index is 11.8. The molecule has 0 aliphatic carbocycles. The van der Waals surface area contributed by atoms with Crippen LogP contribution in [0.3, 0.4) is 0 Å². The summed E-state index contributed by atoms with van der Waals surface area (Å²) in [7, 11) is 0. The first kappa shape index (κ1) is 12.8. The number of carbonyl (C=O) groups is 1. The molecule has 4 nitrogen and oxygen atoms in total. The first-order valence-electron chi connectivity index (χ1n) is 5.72. The second-order valence-electron chi connectivity index (χ2n) is 3.97. The lowest BCUT2D eigenvalue weighted by molar-refractivity contribution is -0.125. The zero-order valence-electron chi connectivity index (χ0n) is 9.90. The van der Waals surface area contributed by atoms with Gasteiger partial charge in [-0.05, 0) is 25.5 Å². The second-order valence-corrected chi connectivity index (χ2v) is 3.97. The Hall–Kier alpha value is -1.29. The van der Waals surface area contributed by atoms with E-state index in [-0.39, 0.29) is 17.9 Å².